The fraction of sp³-hybridized carbons (Fsp3) is 0.471. The van der Waals surface area contributed by atoms with Gasteiger partial charge >= 0.3 is 6.01 Å². The Balaban J connectivity index is 1.30. The lowest BCUT2D eigenvalue weighted by molar-refractivity contribution is -0.128. The van der Waals surface area contributed by atoms with Gasteiger partial charge in [-0.15, -0.1) is 0 Å². The predicted molar refractivity (Wildman–Crippen MR) is 172 cm³/mol. The first-order valence-electron chi connectivity index (χ1n) is 15.6. The molecule has 0 radical (unpaired) electrons. The van der Waals surface area contributed by atoms with Crippen LogP contribution in [0.25, 0.3) is 15.6 Å². The number of carbonyl (C=O) groups excluding carboxylic acids is 1. The van der Waals surface area contributed by atoms with Crippen molar-refractivity contribution in [1.29, 1.82) is 0 Å². The molecular formula is C34H41N7O3. The second-order valence-electron chi connectivity index (χ2n) is 11.7. The molecule has 44 heavy (non-hydrogen) atoms. The van der Waals surface area contributed by atoms with Crippen molar-refractivity contribution in [1.82, 2.24) is 19.8 Å². The highest BCUT2D eigenvalue weighted by Gasteiger charge is 2.35. The van der Waals surface area contributed by atoms with Crippen LogP contribution in [-0.4, -0.2) is 104 Å². The summed E-state index contributed by atoms with van der Waals surface area (Å²) in [7, 11) is 1.74. The zero-order chi connectivity index (χ0) is 30.5. The molecule has 0 saturated carbocycles. The fourth-order valence-corrected chi connectivity index (χ4v) is 6.88. The van der Waals surface area contributed by atoms with Crippen molar-refractivity contribution >= 4 is 28.2 Å². The third kappa shape index (κ3) is 6.21. The molecule has 2 fully saturated rings. The lowest BCUT2D eigenvalue weighted by atomic mass is 10.0. The SMILES string of the molecule is [C-]#[N+]CC1CN(c2nc(OC[C@@H]3CCCN3CCOC)nc3c2CCN(c2cccc4ccccc24)C3)CCN1C(=O)C=C. The summed E-state index contributed by atoms with van der Waals surface area (Å²) in [5.74, 6) is 0.735. The van der Waals surface area contributed by atoms with E-state index in [2.05, 4.69) is 68.6 Å². The molecule has 2 aromatic carbocycles. The number of aromatic nitrogens is 2. The van der Waals surface area contributed by atoms with Gasteiger partial charge < -0.3 is 29.0 Å². The van der Waals surface area contributed by atoms with E-state index in [0.717, 1.165) is 56.0 Å². The minimum Gasteiger partial charge on any atom is -0.462 e. The maximum atomic E-state index is 12.6. The second-order valence-corrected chi connectivity index (χ2v) is 11.7. The molecule has 3 aliphatic heterocycles. The van der Waals surface area contributed by atoms with Crippen LogP contribution in [0.4, 0.5) is 11.5 Å². The number of ether oxygens (including phenoxy) is 2. The summed E-state index contributed by atoms with van der Waals surface area (Å²) in [4.78, 5) is 35.1. The van der Waals surface area contributed by atoms with Crippen molar-refractivity contribution in [2.75, 3.05) is 75.9 Å². The number of rotatable bonds is 10. The van der Waals surface area contributed by atoms with Crippen LogP contribution in [-0.2, 0) is 22.5 Å². The number of amides is 1. The number of carbonyl (C=O) groups is 1. The lowest BCUT2D eigenvalue weighted by Gasteiger charge is -2.41. The van der Waals surface area contributed by atoms with Gasteiger partial charge in [-0.1, -0.05) is 43.0 Å². The Hall–Kier alpha value is -4.20. The molecule has 2 atom stereocenters. The zero-order valence-corrected chi connectivity index (χ0v) is 25.5. The number of likely N-dealkylation sites (tertiary alicyclic amines) is 1. The first-order valence-corrected chi connectivity index (χ1v) is 15.6. The monoisotopic (exact) mass is 595 g/mol. The highest BCUT2D eigenvalue weighted by Crippen LogP contribution is 2.35. The Morgan fingerprint density at radius 1 is 1.09 bits per heavy atom. The smallest absolute Gasteiger partial charge is 0.318 e. The van der Waals surface area contributed by atoms with Gasteiger partial charge in [-0.3, -0.25) is 9.69 Å². The van der Waals surface area contributed by atoms with E-state index >= 15 is 0 Å². The van der Waals surface area contributed by atoms with Gasteiger partial charge in [-0.25, -0.2) is 6.57 Å². The molecule has 1 amide bonds. The summed E-state index contributed by atoms with van der Waals surface area (Å²) in [5.41, 5.74) is 3.30. The van der Waals surface area contributed by atoms with Crippen LogP contribution >= 0.6 is 0 Å². The lowest BCUT2D eigenvalue weighted by Crippen LogP contribution is -2.56. The number of benzene rings is 2. The second kappa shape index (κ2) is 13.6. The van der Waals surface area contributed by atoms with Crippen molar-refractivity contribution in [3.05, 3.63) is 77.8 Å². The minimum atomic E-state index is -0.231. The van der Waals surface area contributed by atoms with Gasteiger partial charge in [0.1, 0.15) is 18.5 Å². The zero-order valence-electron chi connectivity index (χ0n) is 25.5. The van der Waals surface area contributed by atoms with Crippen LogP contribution < -0.4 is 14.5 Å². The minimum absolute atomic E-state index is 0.132. The van der Waals surface area contributed by atoms with Gasteiger partial charge in [0.2, 0.25) is 12.5 Å². The maximum absolute atomic E-state index is 12.6. The molecule has 1 aromatic heterocycles. The Kier molecular flexibility index (Phi) is 9.24. The molecule has 1 unspecified atom stereocenters. The van der Waals surface area contributed by atoms with Gasteiger partial charge in [0.05, 0.1) is 18.8 Å². The molecule has 2 saturated heterocycles. The molecule has 10 nitrogen and oxygen atoms in total. The number of fused-ring (bicyclic) bond motifs is 2. The third-order valence-corrected chi connectivity index (χ3v) is 9.16. The third-order valence-electron chi connectivity index (χ3n) is 9.16. The molecular weight excluding hydrogens is 554 g/mol. The van der Waals surface area contributed by atoms with Gasteiger partial charge in [-0.05, 0) is 43.3 Å². The maximum Gasteiger partial charge on any atom is 0.318 e. The van der Waals surface area contributed by atoms with Crippen molar-refractivity contribution in [3.8, 4) is 6.01 Å². The molecule has 3 aromatic rings. The van der Waals surface area contributed by atoms with E-state index in [9.17, 15) is 4.79 Å². The van der Waals surface area contributed by atoms with Crippen LogP contribution in [0.5, 0.6) is 6.01 Å². The average molecular weight is 596 g/mol. The summed E-state index contributed by atoms with van der Waals surface area (Å²) in [6.07, 6.45) is 4.35. The number of nitrogens with zero attached hydrogens (tertiary/aromatic N) is 7. The molecule has 0 N–H and O–H groups in total. The quantitative estimate of drug-likeness (QED) is 0.259. The van der Waals surface area contributed by atoms with Crippen LogP contribution in [0, 0.1) is 6.57 Å². The van der Waals surface area contributed by atoms with Gasteiger partial charge in [0.25, 0.3) is 0 Å². The molecule has 6 rings (SSSR count). The first kappa shape index (κ1) is 29.9. The van der Waals surface area contributed by atoms with Crippen LogP contribution in [0.2, 0.25) is 0 Å². The molecule has 230 valence electrons. The average Bonchev–Trinajstić information content (AvgIpc) is 3.52. The van der Waals surface area contributed by atoms with Crippen LogP contribution in [0.3, 0.4) is 0 Å². The summed E-state index contributed by atoms with van der Waals surface area (Å²) in [5, 5.41) is 2.45. The van der Waals surface area contributed by atoms with E-state index in [1.54, 1.807) is 12.0 Å². The van der Waals surface area contributed by atoms with Crippen molar-refractivity contribution in [2.24, 2.45) is 0 Å². The van der Waals surface area contributed by atoms with Gasteiger partial charge in [-0.2, -0.15) is 9.97 Å². The summed E-state index contributed by atoms with van der Waals surface area (Å²) in [6, 6.07) is 15.4. The van der Waals surface area contributed by atoms with E-state index < -0.39 is 0 Å². The molecule has 0 bridgehead atoms. The van der Waals surface area contributed by atoms with Gasteiger partial charge in [0, 0.05) is 62.5 Å². The van der Waals surface area contributed by atoms with Gasteiger partial charge in [0.15, 0.2) is 0 Å². The van der Waals surface area contributed by atoms with Crippen molar-refractivity contribution < 1.29 is 14.3 Å². The first-order chi connectivity index (χ1) is 21.6. The largest absolute Gasteiger partial charge is 0.462 e. The number of hydrogen-bond donors (Lipinski definition) is 0. The van der Waals surface area contributed by atoms with E-state index in [1.807, 2.05) is 0 Å². The topological polar surface area (TPSA) is 78.6 Å². The molecule has 10 heteroatoms. The Bertz CT molecular complexity index is 1530. The number of methoxy groups -OCH3 is 1. The molecule has 0 aliphatic carbocycles. The molecule has 0 spiro atoms. The summed E-state index contributed by atoms with van der Waals surface area (Å²) >= 11 is 0. The van der Waals surface area contributed by atoms with Crippen LogP contribution in [0.1, 0.15) is 24.1 Å². The fourth-order valence-electron chi connectivity index (χ4n) is 6.88. The Morgan fingerprint density at radius 3 is 2.80 bits per heavy atom. The van der Waals surface area contributed by atoms with E-state index in [0.29, 0.717) is 51.4 Å². The highest BCUT2D eigenvalue weighted by atomic mass is 16.5. The normalized spacial score (nSPS) is 20.4. The van der Waals surface area contributed by atoms with Crippen LogP contribution in [0.15, 0.2) is 55.1 Å². The molecule has 3 aliphatic rings. The summed E-state index contributed by atoms with van der Waals surface area (Å²) < 4.78 is 11.7. The van der Waals surface area contributed by atoms with E-state index in [4.69, 9.17) is 26.0 Å². The highest BCUT2D eigenvalue weighted by molar-refractivity contribution is 5.94. The summed E-state index contributed by atoms with van der Waals surface area (Å²) in [6.45, 7) is 17.7. The molecule has 4 heterocycles. The number of piperazine rings is 1. The Morgan fingerprint density at radius 2 is 1.95 bits per heavy atom. The number of hydrogen-bond acceptors (Lipinski definition) is 8. The van der Waals surface area contributed by atoms with Crippen molar-refractivity contribution in [2.45, 2.75) is 37.9 Å². The van der Waals surface area contributed by atoms with E-state index in [-0.39, 0.29) is 18.5 Å². The predicted octanol–water partition coefficient (Wildman–Crippen LogP) is 3.80. The standard InChI is InChI=1S/C34H41N7O3/c1-4-32(42)41-18-17-40(22-27(41)21-35-2)33-29-14-16-39(31-13-7-10-25-9-5-6-12-28(25)31)23-30(29)36-34(37-33)44-24-26-11-8-15-38(26)19-20-43-3/h4-7,9-10,12-13,26-27H,1,8,11,14-24H2,3H3/t26-,27?/m0/s1. The van der Waals surface area contributed by atoms with E-state index in [1.165, 1.54) is 22.5 Å². The number of anilines is 2. The van der Waals surface area contributed by atoms with Crippen molar-refractivity contribution in [3.63, 3.8) is 0 Å². The Labute approximate surface area is 259 Å².